The van der Waals surface area contributed by atoms with E-state index in [1.54, 1.807) is 13.8 Å². The quantitative estimate of drug-likeness (QED) is 0.330. The Morgan fingerprint density at radius 2 is 2.06 bits per heavy atom. The molecule has 1 atom stereocenters. The van der Waals surface area contributed by atoms with Crippen LogP contribution in [0.25, 0.3) is 0 Å². The standard InChI is InChI=1S/C11H16N2O3.Na/c1-4-6-7(3)11(5-2)8(14)12-10(16)13-9(11)15;/h6H,4-5H2,1-3H3,(H2,12,13,14,15,16);/q;+1/p-1. The van der Waals surface area contributed by atoms with Gasteiger partial charge in [-0.25, -0.2) is 4.99 Å². The van der Waals surface area contributed by atoms with Gasteiger partial charge in [-0.2, -0.15) is 0 Å². The first-order chi connectivity index (χ1) is 7.48. The summed E-state index contributed by atoms with van der Waals surface area (Å²) in [6, 6.07) is -0.872. The molecule has 6 heteroatoms. The predicted octanol–water partition coefficient (Wildman–Crippen LogP) is -2.88. The topological polar surface area (TPSA) is 81.6 Å². The number of hydrogen-bond donors (Lipinski definition) is 1. The predicted molar refractivity (Wildman–Crippen MR) is 57.4 cm³/mol. The number of amidine groups is 1. The third-order valence-electron chi connectivity index (χ3n) is 2.89. The van der Waals surface area contributed by atoms with E-state index >= 15 is 0 Å². The molecule has 0 saturated carbocycles. The van der Waals surface area contributed by atoms with Gasteiger partial charge in [0, 0.05) is 0 Å². The van der Waals surface area contributed by atoms with Gasteiger partial charge >= 0.3 is 29.6 Å². The zero-order chi connectivity index (χ0) is 12.3. The number of amides is 2. The Morgan fingerprint density at radius 3 is 2.47 bits per heavy atom. The Morgan fingerprint density at radius 1 is 1.47 bits per heavy atom. The Kier molecular flexibility index (Phi) is 6.09. The molecule has 88 valence electrons. The van der Waals surface area contributed by atoms with Crippen LogP contribution >= 0.6 is 0 Å². The SMILES string of the molecule is CCC=C(C)C1(CC)C(=O)N=C([O-])NC1=O.[Na+]. The molecular formula is C11H15N2NaO3. The molecule has 0 aliphatic carbocycles. The number of carbonyl (C=O) groups is 2. The van der Waals surface area contributed by atoms with Crippen LogP contribution in [0.2, 0.25) is 0 Å². The molecule has 1 N–H and O–H groups in total. The molecule has 0 spiro atoms. The molecule has 2 amide bonds. The number of rotatable bonds is 3. The van der Waals surface area contributed by atoms with Gasteiger partial charge in [0.2, 0.25) is 5.91 Å². The van der Waals surface area contributed by atoms with E-state index in [9.17, 15) is 14.7 Å². The number of nitrogens with zero attached hydrogens (tertiary/aromatic N) is 1. The Labute approximate surface area is 123 Å². The zero-order valence-corrected chi connectivity index (χ0v) is 12.7. The Balaban J connectivity index is 0.00000256. The van der Waals surface area contributed by atoms with Gasteiger partial charge in [-0.15, -0.1) is 0 Å². The fraction of sp³-hybridized carbons (Fsp3) is 0.545. The molecule has 0 radical (unpaired) electrons. The second-order valence-electron chi connectivity index (χ2n) is 3.73. The van der Waals surface area contributed by atoms with Crippen molar-refractivity contribution in [1.82, 2.24) is 5.32 Å². The molecular weight excluding hydrogens is 231 g/mol. The van der Waals surface area contributed by atoms with Gasteiger partial charge in [0.25, 0.3) is 5.91 Å². The smallest absolute Gasteiger partial charge is 0.846 e. The molecule has 17 heavy (non-hydrogen) atoms. The van der Waals surface area contributed by atoms with Crippen molar-refractivity contribution < 1.29 is 44.3 Å². The van der Waals surface area contributed by atoms with Crippen molar-refractivity contribution in [2.75, 3.05) is 0 Å². The molecule has 0 fully saturated rings. The average Bonchev–Trinajstić information content (AvgIpc) is 2.18. The van der Waals surface area contributed by atoms with Crippen LogP contribution in [0, 0.1) is 5.41 Å². The summed E-state index contributed by atoms with van der Waals surface area (Å²) in [5, 5.41) is 13.0. The molecule has 0 aromatic rings. The van der Waals surface area contributed by atoms with E-state index in [4.69, 9.17) is 0 Å². The average molecular weight is 246 g/mol. The van der Waals surface area contributed by atoms with Crippen molar-refractivity contribution in [3.05, 3.63) is 11.6 Å². The van der Waals surface area contributed by atoms with Gasteiger partial charge < -0.3 is 10.4 Å². The minimum absolute atomic E-state index is 0. The summed E-state index contributed by atoms with van der Waals surface area (Å²) < 4.78 is 0. The normalized spacial score (nSPS) is 24.9. The summed E-state index contributed by atoms with van der Waals surface area (Å²) in [7, 11) is 0. The summed E-state index contributed by atoms with van der Waals surface area (Å²) in [6.07, 6.45) is 2.84. The van der Waals surface area contributed by atoms with Gasteiger partial charge in [-0.3, -0.25) is 9.59 Å². The van der Waals surface area contributed by atoms with E-state index < -0.39 is 23.3 Å². The Bertz CT molecular complexity index is 390. The van der Waals surface area contributed by atoms with Crippen LogP contribution in [0.15, 0.2) is 16.6 Å². The van der Waals surface area contributed by atoms with Crippen molar-refractivity contribution in [3.8, 4) is 0 Å². The second-order valence-corrected chi connectivity index (χ2v) is 3.73. The van der Waals surface area contributed by atoms with Gasteiger partial charge in [0.05, 0.1) is 6.02 Å². The number of aliphatic imine (C=N–C) groups is 1. The molecule has 1 aliphatic heterocycles. The van der Waals surface area contributed by atoms with E-state index in [1.165, 1.54) is 0 Å². The first-order valence-corrected chi connectivity index (χ1v) is 5.27. The first-order valence-electron chi connectivity index (χ1n) is 5.27. The summed E-state index contributed by atoms with van der Waals surface area (Å²) in [5.74, 6) is -1.23. The minimum atomic E-state index is -1.29. The van der Waals surface area contributed by atoms with Crippen molar-refractivity contribution in [3.63, 3.8) is 0 Å². The van der Waals surface area contributed by atoms with Crippen LogP contribution in [-0.4, -0.2) is 17.8 Å². The Hall–Kier alpha value is -0.650. The van der Waals surface area contributed by atoms with E-state index in [0.29, 0.717) is 12.0 Å². The van der Waals surface area contributed by atoms with E-state index in [-0.39, 0.29) is 29.6 Å². The van der Waals surface area contributed by atoms with Crippen LogP contribution in [0.5, 0.6) is 0 Å². The fourth-order valence-corrected chi connectivity index (χ4v) is 1.94. The first kappa shape index (κ1) is 16.4. The third kappa shape index (κ3) is 2.78. The van der Waals surface area contributed by atoms with Crippen molar-refractivity contribution in [2.24, 2.45) is 10.4 Å². The van der Waals surface area contributed by atoms with Crippen LogP contribution in [0.3, 0.4) is 0 Å². The molecule has 1 aliphatic rings. The maximum Gasteiger partial charge on any atom is 1.00 e. The van der Waals surface area contributed by atoms with Gasteiger partial charge in [-0.1, -0.05) is 25.5 Å². The van der Waals surface area contributed by atoms with E-state index in [2.05, 4.69) is 10.3 Å². The van der Waals surface area contributed by atoms with Crippen LogP contribution in [0.1, 0.15) is 33.6 Å². The van der Waals surface area contributed by atoms with Crippen molar-refractivity contribution in [2.45, 2.75) is 33.6 Å². The summed E-state index contributed by atoms with van der Waals surface area (Å²) in [6.45, 7) is 5.37. The molecule has 0 saturated heterocycles. The second kappa shape index (κ2) is 6.33. The number of carbonyl (C=O) groups excluding carboxylic acids is 2. The fourth-order valence-electron chi connectivity index (χ4n) is 1.94. The maximum atomic E-state index is 11.8. The number of hydrogen-bond acceptors (Lipinski definition) is 3. The van der Waals surface area contributed by atoms with Gasteiger partial charge in [0.1, 0.15) is 0 Å². The molecule has 1 unspecified atom stereocenters. The van der Waals surface area contributed by atoms with Crippen LogP contribution in [-0.2, 0) is 9.59 Å². The maximum absolute atomic E-state index is 11.8. The van der Waals surface area contributed by atoms with Crippen LogP contribution in [0.4, 0.5) is 0 Å². The van der Waals surface area contributed by atoms with E-state index in [1.807, 2.05) is 13.0 Å². The molecule has 1 heterocycles. The van der Waals surface area contributed by atoms with E-state index in [0.717, 1.165) is 6.42 Å². The molecule has 0 aromatic carbocycles. The summed E-state index contributed by atoms with van der Waals surface area (Å²) >= 11 is 0. The summed E-state index contributed by atoms with van der Waals surface area (Å²) in [4.78, 5) is 26.9. The zero-order valence-electron chi connectivity index (χ0n) is 10.7. The van der Waals surface area contributed by atoms with Gasteiger partial charge in [-0.05, 0) is 19.8 Å². The molecule has 5 nitrogen and oxygen atoms in total. The molecule has 0 aromatic heterocycles. The molecule has 0 bridgehead atoms. The monoisotopic (exact) mass is 246 g/mol. The van der Waals surface area contributed by atoms with Crippen molar-refractivity contribution >= 4 is 17.8 Å². The largest absolute Gasteiger partial charge is 1.00 e. The summed E-state index contributed by atoms with van der Waals surface area (Å²) in [5.41, 5.74) is -0.638. The van der Waals surface area contributed by atoms with Crippen molar-refractivity contribution in [1.29, 1.82) is 0 Å². The number of nitrogens with one attached hydrogen (secondary N) is 1. The van der Waals surface area contributed by atoms with Crippen LogP contribution < -0.4 is 40.0 Å². The van der Waals surface area contributed by atoms with Gasteiger partial charge in [0.15, 0.2) is 5.41 Å². The molecule has 1 rings (SSSR count). The third-order valence-corrected chi connectivity index (χ3v) is 2.89. The minimum Gasteiger partial charge on any atom is -0.846 e. The number of allylic oxidation sites excluding steroid dienone is 1.